The lowest BCUT2D eigenvalue weighted by Crippen LogP contribution is -2.40. The van der Waals surface area contributed by atoms with Gasteiger partial charge in [0.1, 0.15) is 12.2 Å². The fraction of sp³-hybridized carbons (Fsp3) is 0.500. The van der Waals surface area contributed by atoms with E-state index in [1.54, 1.807) is 0 Å². The average molecular weight is 522 g/mol. The van der Waals surface area contributed by atoms with Crippen molar-refractivity contribution in [3.8, 4) is 0 Å². The zero-order valence-corrected chi connectivity index (χ0v) is 18.1. The molecule has 22 heteroatoms. The molecule has 0 radical (unpaired) electrons. The summed E-state index contributed by atoms with van der Waals surface area (Å²) in [5, 5.41) is 10.3. The molecule has 0 saturated carbocycles. The topological polar surface area (TPSA) is 305 Å². The smallest absolute Gasteiger partial charge is 0.389 e. The lowest BCUT2D eigenvalue weighted by Gasteiger charge is -2.19. The standard InChI is InChI=1S/C10H17N6O13P3/c11-4-6(17)3(1-26-31(22,23)29-32(24,25)28-30(19,20)21)27-9(4)16-2-13-5-7(16)14-10(12)15-8(5)18/h2-4,6,9,17H,1,11H2,(H,22,23)(H,24,25)(H2,19,20,21)(H3,12,14,15,18). The zero-order chi connectivity index (χ0) is 24.1. The molecule has 1 saturated heterocycles. The summed E-state index contributed by atoms with van der Waals surface area (Å²) < 4.78 is 52.0. The highest BCUT2D eigenvalue weighted by atomic mass is 31.3. The number of ether oxygens (including phenoxy) is 1. The molecule has 1 fully saturated rings. The lowest BCUT2D eigenvalue weighted by atomic mass is 10.1. The van der Waals surface area contributed by atoms with Gasteiger partial charge in [-0.05, 0) is 0 Å². The number of nitrogens with two attached hydrogens (primary N) is 2. The Hall–Kier alpha value is -1.56. The van der Waals surface area contributed by atoms with Gasteiger partial charge in [0.05, 0.1) is 19.0 Å². The van der Waals surface area contributed by atoms with Gasteiger partial charge in [0.2, 0.25) is 5.95 Å². The summed E-state index contributed by atoms with van der Waals surface area (Å²) in [5.74, 6) is -0.236. The summed E-state index contributed by atoms with van der Waals surface area (Å²) in [5.41, 5.74) is 10.6. The van der Waals surface area contributed by atoms with E-state index in [-0.39, 0.29) is 17.1 Å². The highest BCUT2D eigenvalue weighted by Crippen LogP contribution is 2.66. The third-order valence-corrected chi connectivity index (χ3v) is 7.76. The first-order chi connectivity index (χ1) is 14.6. The van der Waals surface area contributed by atoms with E-state index in [0.717, 1.165) is 6.33 Å². The van der Waals surface area contributed by atoms with Crippen molar-refractivity contribution in [3.63, 3.8) is 0 Å². The molecule has 3 rings (SSSR count). The molecule has 2 aromatic rings. The van der Waals surface area contributed by atoms with Gasteiger partial charge in [-0.15, -0.1) is 0 Å². The van der Waals surface area contributed by atoms with Gasteiger partial charge in [0, 0.05) is 0 Å². The van der Waals surface area contributed by atoms with Crippen molar-refractivity contribution in [3.05, 3.63) is 16.7 Å². The van der Waals surface area contributed by atoms with Crippen molar-refractivity contribution in [1.82, 2.24) is 19.5 Å². The van der Waals surface area contributed by atoms with Gasteiger partial charge >= 0.3 is 23.5 Å². The number of anilines is 1. The number of aromatic nitrogens is 4. The van der Waals surface area contributed by atoms with Crippen LogP contribution in [0.25, 0.3) is 11.2 Å². The number of phosphoric acid groups is 3. The summed E-state index contributed by atoms with van der Waals surface area (Å²) in [6, 6.07) is -1.19. The maximum absolute atomic E-state index is 11.9. The predicted molar refractivity (Wildman–Crippen MR) is 100 cm³/mol. The molecular formula is C10H17N6O13P3. The number of nitrogens with zero attached hydrogens (tertiary/aromatic N) is 3. The summed E-state index contributed by atoms with van der Waals surface area (Å²) in [6.07, 6.45) is -2.99. The first-order valence-electron chi connectivity index (χ1n) is 8.18. The Balaban J connectivity index is 1.72. The highest BCUT2D eigenvalue weighted by molar-refractivity contribution is 7.66. The second-order valence-corrected chi connectivity index (χ2v) is 10.7. The van der Waals surface area contributed by atoms with E-state index in [4.69, 9.17) is 30.9 Å². The van der Waals surface area contributed by atoms with Crippen molar-refractivity contribution in [1.29, 1.82) is 0 Å². The summed E-state index contributed by atoms with van der Waals surface area (Å²) >= 11 is 0. The predicted octanol–water partition coefficient (Wildman–Crippen LogP) is -2.37. The summed E-state index contributed by atoms with van der Waals surface area (Å²) in [4.78, 5) is 57.5. The first-order valence-corrected chi connectivity index (χ1v) is 12.7. The monoisotopic (exact) mass is 522 g/mol. The van der Waals surface area contributed by atoms with E-state index in [0.29, 0.717) is 0 Å². The molecular weight excluding hydrogens is 505 g/mol. The minimum atomic E-state index is -5.71. The number of aromatic amines is 1. The molecule has 0 spiro atoms. The molecule has 0 aliphatic carbocycles. The van der Waals surface area contributed by atoms with Gasteiger partial charge in [-0.3, -0.25) is 18.9 Å². The van der Waals surface area contributed by atoms with Crippen molar-refractivity contribution >= 4 is 40.6 Å². The van der Waals surface area contributed by atoms with E-state index in [9.17, 15) is 28.5 Å². The molecule has 10 N–H and O–H groups in total. The van der Waals surface area contributed by atoms with Gasteiger partial charge in [0.15, 0.2) is 17.4 Å². The fourth-order valence-corrected chi connectivity index (χ4v) is 5.79. The molecule has 1 aliphatic heterocycles. The van der Waals surface area contributed by atoms with Crippen molar-refractivity contribution in [2.24, 2.45) is 5.73 Å². The van der Waals surface area contributed by atoms with Crippen molar-refractivity contribution < 1.29 is 56.3 Å². The Morgan fingerprint density at radius 2 is 1.84 bits per heavy atom. The van der Waals surface area contributed by atoms with Crippen LogP contribution in [0.3, 0.4) is 0 Å². The van der Waals surface area contributed by atoms with E-state index >= 15 is 0 Å². The van der Waals surface area contributed by atoms with E-state index in [1.165, 1.54) is 4.57 Å². The number of nitrogen functional groups attached to an aromatic ring is 1. The maximum atomic E-state index is 11.9. The third kappa shape index (κ3) is 5.67. The van der Waals surface area contributed by atoms with Gasteiger partial charge < -0.3 is 40.9 Å². The number of rotatable bonds is 8. The molecule has 0 aromatic carbocycles. The summed E-state index contributed by atoms with van der Waals surface area (Å²) in [6.45, 7) is -0.933. The number of hydrogen-bond acceptors (Lipinski definition) is 13. The number of phosphoric ester groups is 1. The number of fused-ring (bicyclic) bond motifs is 1. The van der Waals surface area contributed by atoms with Crippen LogP contribution in [0.4, 0.5) is 5.95 Å². The normalized spacial score (nSPS) is 27.9. The molecule has 0 bridgehead atoms. The van der Waals surface area contributed by atoms with Crippen LogP contribution in [0.15, 0.2) is 11.1 Å². The second-order valence-electron chi connectivity index (χ2n) is 6.30. The minimum absolute atomic E-state index is 0.0348. The SMILES string of the molecule is Nc1nc2c(ncn2C2OC(COP(=O)(O)OP(=O)(O)OP(=O)(O)O)C(O)C2N)c(=O)[nH]1. The first kappa shape index (κ1) is 25.1. The molecule has 2 aromatic heterocycles. The fourth-order valence-electron chi connectivity index (χ4n) is 2.76. The highest BCUT2D eigenvalue weighted by Gasteiger charge is 2.46. The quantitative estimate of drug-likeness (QED) is 0.168. The zero-order valence-electron chi connectivity index (χ0n) is 15.4. The number of H-pyrrole nitrogens is 1. The Morgan fingerprint density at radius 1 is 1.19 bits per heavy atom. The van der Waals surface area contributed by atoms with Crippen LogP contribution < -0.4 is 17.0 Å². The van der Waals surface area contributed by atoms with E-state index in [2.05, 4.69) is 28.1 Å². The third-order valence-electron chi connectivity index (χ3n) is 3.96. The Bertz CT molecular complexity index is 1210. The minimum Gasteiger partial charge on any atom is -0.389 e. The summed E-state index contributed by atoms with van der Waals surface area (Å²) in [7, 11) is -16.7. The van der Waals surface area contributed by atoms with Gasteiger partial charge in [-0.1, -0.05) is 0 Å². The molecule has 1 aliphatic rings. The molecule has 19 nitrogen and oxygen atoms in total. The van der Waals surface area contributed by atoms with E-state index < -0.39 is 60.1 Å². The van der Waals surface area contributed by atoms with Crippen LogP contribution in [0.2, 0.25) is 0 Å². The van der Waals surface area contributed by atoms with Crippen molar-refractivity contribution in [2.75, 3.05) is 12.3 Å². The molecule has 3 heterocycles. The van der Waals surface area contributed by atoms with Crippen LogP contribution in [-0.4, -0.2) is 69.1 Å². The average Bonchev–Trinajstić information content (AvgIpc) is 3.12. The Labute approximate surface area is 176 Å². The van der Waals surface area contributed by atoms with Crippen LogP contribution >= 0.6 is 23.5 Å². The van der Waals surface area contributed by atoms with Crippen LogP contribution in [0.1, 0.15) is 6.23 Å². The second kappa shape index (κ2) is 8.66. The number of aliphatic hydroxyl groups is 1. The molecule has 0 amide bonds. The molecule has 6 atom stereocenters. The molecule has 6 unspecified atom stereocenters. The number of hydrogen-bond donors (Lipinski definition) is 8. The number of aliphatic hydroxyl groups excluding tert-OH is 1. The number of imidazole rings is 1. The van der Waals surface area contributed by atoms with Gasteiger partial charge in [-0.2, -0.15) is 13.6 Å². The van der Waals surface area contributed by atoms with Gasteiger partial charge in [0.25, 0.3) is 5.56 Å². The van der Waals surface area contributed by atoms with Crippen LogP contribution in [-0.2, 0) is 31.6 Å². The Kier molecular flexibility index (Phi) is 6.78. The van der Waals surface area contributed by atoms with Crippen LogP contribution in [0.5, 0.6) is 0 Å². The van der Waals surface area contributed by atoms with E-state index in [1.807, 2.05) is 0 Å². The number of nitrogens with one attached hydrogen (secondary N) is 1. The van der Waals surface area contributed by atoms with Crippen LogP contribution in [0, 0.1) is 0 Å². The van der Waals surface area contributed by atoms with Crippen molar-refractivity contribution in [2.45, 2.75) is 24.5 Å². The van der Waals surface area contributed by atoms with Gasteiger partial charge in [-0.25, -0.2) is 18.7 Å². The largest absolute Gasteiger partial charge is 0.490 e. The molecule has 180 valence electrons. The Morgan fingerprint density at radius 3 is 2.47 bits per heavy atom. The lowest BCUT2D eigenvalue weighted by molar-refractivity contribution is -0.0428. The maximum Gasteiger partial charge on any atom is 0.490 e. The molecule has 32 heavy (non-hydrogen) atoms.